The number of carbonyl (C=O) groups excluding carboxylic acids is 1. The minimum atomic E-state index is 0.0288. The second-order valence-corrected chi connectivity index (χ2v) is 9.02. The lowest BCUT2D eigenvalue weighted by molar-refractivity contribution is 0.0966. The van der Waals surface area contributed by atoms with E-state index in [9.17, 15) is 4.79 Å². The summed E-state index contributed by atoms with van der Waals surface area (Å²) in [6.45, 7) is 1.38. The smallest absolute Gasteiger partial charge is 0.251 e. The summed E-state index contributed by atoms with van der Waals surface area (Å²) in [6, 6.07) is 17.0. The lowest BCUT2D eigenvalue weighted by atomic mass is 9.92. The number of fused-ring (bicyclic) bond motifs is 4. The number of aliphatic imine (C=N–C) groups is 1. The zero-order valence-corrected chi connectivity index (χ0v) is 17.3. The molecule has 2 aliphatic rings. The van der Waals surface area contributed by atoms with Crippen molar-refractivity contribution >= 4 is 33.9 Å². The number of aryl methyl sites for hydroxylation is 1. The summed E-state index contributed by atoms with van der Waals surface area (Å²) in [5.74, 6) is 0.0288. The number of H-pyrrole nitrogens is 1. The molecule has 1 aliphatic carbocycles. The van der Waals surface area contributed by atoms with E-state index >= 15 is 0 Å². The van der Waals surface area contributed by atoms with E-state index in [2.05, 4.69) is 58.1 Å². The SMILES string of the molecule is O=C1NCc2cc(-c3ccc4[nH]c5c(c4c3)CCCC5=NCc3cccs3)ccc21. The molecule has 1 amide bonds. The maximum Gasteiger partial charge on any atom is 0.251 e. The Labute approximate surface area is 178 Å². The van der Waals surface area contributed by atoms with Crippen LogP contribution in [-0.4, -0.2) is 16.6 Å². The Balaban J connectivity index is 1.40. The van der Waals surface area contributed by atoms with E-state index in [1.807, 2.05) is 6.07 Å². The molecule has 6 rings (SSSR count). The largest absolute Gasteiger partial charge is 0.353 e. The van der Waals surface area contributed by atoms with Crippen LogP contribution < -0.4 is 5.32 Å². The van der Waals surface area contributed by atoms with E-state index < -0.39 is 0 Å². The van der Waals surface area contributed by atoms with Crippen LogP contribution >= 0.6 is 11.3 Å². The van der Waals surface area contributed by atoms with Gasteiger partial charge in [-0.15, -0.1) is 11.3 Å². The quantitative estimate of drug-likeness (QED) is 0.462. The minimum absolute atomic E-state index is 0.0288. The summed E-state index contributed by atoms with van der Waals surface area (Å²) in [5, 5.41) is 6.30. The molecule has 0 saturated carbocycles. The Morgan fingerprint density at radius 3 is 2.83 bits per heavy atom. The monoisotopic (exact) mass is 411 g/mol. The highest BCUT2D eigenvalue weighted by Crippen LogP contribution is 2.34. The molecule has 0 unspecified atom stereocenters. The fraction of sp³-hybridized carbons (Fsp3) is 0.200. The van der Waals surface area contributed by atoms with Crippen molar-refractivity contribution in [1.29, 1.82) is 0 Å². The molecular weight excluding hydrogens is 390 g/mol. The maximum atomic E-state index is 11.8. The van der Waals surface area contributed by atoms with Gasteiger partial charge in [0, 0.05) is 27.9 Å². The van der Waals surface area contributed by atoms with E-state index in [0.717, 1.165) is 42.5 Å². The van der Waals surface area contributed by atoms with Crippen LogP contribution in [0.25, 0.3) is 22.0 Å². The number of carbonyl (C=O) groups is 1. The van der Waals surface area contributed by atoms with Gasteiger partial charge in [-0.3, -0.25) is 9.79 Å². The molecule has 5 heteroatoms. The average molecular weight is 412 g/mol. The second-order valence-electron chi connectivity index (χ2n) is 7.99. The van der Waals surface area contributed by atoms with Crippen molar-refractivity contribution in [3.05, 3.63) is 81.2 Å². The number of rotatable bonds is 3. The zero-order valence-electron chi connectivity index (χ0n) is 16.5. The summed E-state index contributed by atoms with van der Waals surface area (Å²) in [4.78, 5) is 21.7. The Bertz CT molecular complexity index is 1310. The molecule has 2 aromatic carbocycles. The molecule has 2 aromatic heterocycles. The van der Waals surface area contributed by atoms with Gasteiger partial charge in [-0.1, -0.05) is 18.2 Å². The van der Waals surface area contributed by atoms with Crippen LogP contribution in [0.5, 0.6) is 0 Å². The summed E-state index contributed by atoms with van der Waals surface area (Å²) in [6.07, 6.45) is 3.25. The third-order valence-electron chi connectivity index (χ3n) is 6.16. The first kappa shape index (κ1) is 17.7. The van der Waals surface area contributed by atoms with Gasteiger partial charge in [-0.05, 0) is 77.2 Å². The molecule has 148 valence electrons. The molecule has 2 N–H and O–H groups in total. The number of hydrogen-bond donors (Lipinski definition) is 2. The van der Waals surface area contributed by atoms with Crippen molar-refractivity contribution in [2.75, 3.05) is 0 Å². The Kier molecular flexibility index (Phi) is 4.09. The molecule has 3 heterocycles. The van der Waals surface area contributed by atoms with Gasteiger partial charge in [0.1, 0.15) is 0 Å². The second kappa shape index (κ2) is 6.96. The Morgan fingerprint density at radius 1 is 1.03 bits per heavy atom. The summed E-state index contributed by atoms with van der Waals surface area (Å²) in [5.41, 5.74) is 9.20. The topological polar surface area (TPSA) is 57.2 Å². The highest BCUT2D eigenvalue weighted by Gasteiger charge is 2.22. The van der Waals surface area contributed by atoms with E-state index in [0.29, 0.717) is 6.54 Å². The van der Waals surface area contributed by atoms with Crippen LogP contribution in [-0.2, 0) is 19.5 Å². The molecular formula is C25H21N3OS. The van der Waals surface area contributed by atoms with Gasteiger partial charge < -0.3 is 10.3 Å². The van der Waals surface area contributed by atoms with E-state index in [4.69, 9.17) is 4.99 Å². The first-order chi connectivity index (χ1) is 14.8. The molecule has 0 atom stereocenters. The first-order valence-electron chi connectivity index (χ1n) is 10.4. The third kappa shape index (κ3) is 2.89. The molecule has 0 bridgehead atoms. The number of benzene rings is 2. The number of hydrogen-bond acceptors (Lipinski definition) is 3. The fourth-order valence-corrected chi connectivity index (χ4v) is 5.26. The average Bonchev–Trinajstić information content (AvgIpc) is 3.51. The highest BCUT2D eigenvalue weighted by molar-refractivity contribution is 7.09. The number of aromatic amines is 1. The maximum absolute atomic E-state index is 11.8. The van der Waals surface area contributed by atoms with Gasteiger partial charge in [0.15, 0.2) is 0 Å². The van der Waals surface area contributed by atoms with Crippen molar-refractivity contribution < 1.29 is 4.79 Å². The van der Waals surface area contributed by atoms with Gasteiger partial charge in [0.2, 0.25) is 0 Å². The standard InChI is InChI=1S/C25H21N3OS/c29-25-19-8-6-15(11-17(19)13-27-25)16-7-9-22-21(12-16)20-4-1-5-23(24(20)28-22)26-14-18-3-2-10-30-18/h2-3,6-12,28H,1,4-5,13-14H2,(H,27,29). The van der Waals surface area contributed by atoms with E-state index in [1.54, 1.807) is 11.3 Å². The summed E-state index contributed by atoms with van der Waals surface area (Å²) in [7, 11) is 0. The van der Waals surface area contributed by atoms with E-state index in [1.165, 1.54) is 38.3 Å². The molecule has 4 aromatic rings. The zero-order chi connectivity index (χ0) is 20.1. The van der Waals surface area contributed by atoms with Crippen LogP contribution in [0.3, 0.4) is 0 Å². The third-order valence-corrected chi connectivity index (χ3v) is 7.02. The predicted molar refractivity (Wildman–Crippen MR) is 122 cm³/mol. The lowest BCUT2D eigenvalue weighted by Gasteiger charge is -2.14. The van der Waals surface area contributed by atoms with Crippen molar-refractivity contribution in [2.45, 2.75) is 32.4 Å². The fourth-order valence-electron chi connectivity index (χ4n) is 4.64. The molecule has 0 spiro atoms. The van der Waals surface area contributed by atoms with Gasteiger partial charge in [0.25, 0.3) is 5.91 Å². The van der Waals surface area contributed by atoms with E-state index in [-0.39, 0.29) is 5.91 Å². The van der Waals surface area contributed by atoms with Crippen LogP contribution in [0.2, 0.25) is 0 Å². The minimum Gasteiger partial charge on any atom is -0.353 e. The molecule has 0 saturated heterocycles. The van der Waals surface area contributed by atoms with Crippen molar-refractivity contribution in [1.82, 2.24) is 10.3 Å². The Morgan fingerprint density at radius 2 is 1.93 bits per heavy atom. The number of amides is 1. The summed E-state index contributed by atoms with van der Waals surface area (Å²) >= 11 is 1.76. The number of thiophene rings is 1. The van der Waals surface area contributed by atoms with Gasteiger partial charge in [0.05, 0.1) is 18.0 Å². The van der Waals surface area contributed by atoms with Gasteiger partial charge >= 0.3 is 0 Å². The number of nitrogens with zero attached hydrogens (tertiary/aromatic N) is 1. The first-order valence-corrected chi connectivity index (χ1v) is 11.3. The summed E-state index contributed by atoms with van der Waals surface area (Å²) < 4.78 is 0. The van der Waals surface area contributed by atoms with Crippen LogP contribution in [0.15, 0.2) is 58.9 Å². The molecule has 0 radical (unpaired) electrons. The lowest BCUT2D eigenvalue weighted by Crippen LogP contribution is -2.12. The van der Waals surface area contributed by atoms with Crippen molar-refractivity contribution in [3.8, 4) is 11.1 Å². The Hall–Kier alpha value is -3.18. The van der Waals surface area contributed by atoms with Gasteiger partial charge in [-0.25, -0.2) is 0 Å². The van der Waals surface area contributed by atoms with Gasteiger partial charge in [-0.2, -0.15) is 0 Å². The van der Waals surface area contributed by atoms with Crippen LogP contribution in [0.4, 0.5) is 0 Å². The number of aromatic nitrogens is 1. The normalized spacial score (nSPS) is 16.7. The number of nitrogens with one attached hydrogen (secondary N) is 2. The molecule has 30 heavy (non-hydrogen) atoms. The molecule has 0 fully saturated rings. The van der Waals surface area contributed by atoms with Crippen LogP contribution in [0, 0.1) is 0 Å². The van der Waals surface area contributed by atoms with Crippen molar-refractivity contribution in [2.24, 2.45) is 4.99 Å². The molecule has 1 aliphatic heterocycles. The van der Waals surface area contributed by atoms with Crippen molar-refractivity contribution in [3.63, 3.8) is 0 Å². The molecule has 4 nitrogen and oxygen atoms in total. The van der Waals surface area contributed by atoms with Crippen LogP contribution in [0.1, 0.15) is 44.9 Å². The predicted octanol–water partition coefficient (Wildman–Crippen LogP) is 5.47. The highest BCUT2D eigenvalue weighted by atomic mass is 32.1.